The molecule has 0 saturated carbocycles. The molecule has 146 valence electrons. The van der Waals surface area contributed by atoms with Gasteiger partial charge in [-0.2, -0.15) is 8.78 Å². The van der Waals surface area contributed by atoms with Crippen molar-refractivity contribution < 1.29 is 22.5 Å². The molecule has 0 aromatic heterocycles. The van der Waals surface area contributed by atoms with Gasteiger partial charge in [-0.3, -0.25) is 0 Å². The zero-order valence-electron chi connectivity index (χ0n) is 15.3. The van der Waals surface area contributed by atoms with E-state index >= 15 is 8.78 Å². The minimum absolute atomic E-state index is 0.126. The van der Waals surface area contributed by atoms with Gasteiger partial charge in [-0.05, 0) is 63.8 Å². The molecule has 0 amide bonds. The number of rotatable bonds is 5. The smallest absolute Gasteiger partial charge is 0.377 e. The van der Waals surface area contributed by atoms with Crippen molar-refractivity contribution >= 4 is 32.9 Å². The number of nitrogens with one attached hydrogen (secondary N) is 1. The van der Waals surface area contributed by atoms with E-state index in [1.54, 1.807) is 39.0 Å². The van der Waals surface area contributed by atoms with Crippen molar-refractivity contribution in [3.63, 3.8) is 0 Å². The number of carbonyl (C=O) groups excluding carboxylic acids is 1. The Morgan fingerprint density at radius 3 is 2.62 bits per heavy atom. The van der Waals surface area contributed by atoms with Crippen molar-refractivity contribution in [1.82, 2.24) is 4.72 Å². The number of carbonyl (C=O) groups is 1. The minimum atomic E-state index is -3.73. The van der Waals surface area contributed by atoms with Crippen LogP contribution >= 0.6 is 15.9 Å². The molecule has 1 aromatic carbocycles. The summed E-state index contributed by atoms with van der Waals surface area (Å²) in [5.41, 5.74) is 1.15. The molecule has 8 heteroatoms. The number of hydrogen-bond donors (Lipinski definition) is 1. The van der Waals surface area contributed by atoms with Crippen LogP contribution in [0.25, 0.3) is 0 Å². The molecule has 0 fully saturated rings. The maximum absolute atomic E-state index is 15.1. The predicted octanol–water partition coefficient (Wildman–Crippen LogP) is 4.10. The van der Waals surface area contributed by atoms with Crippen LogP contribution in [0.5, 0.6) is 0 Å². The first-order valence-electron chi connectivity index (χ1n) is 8.50. The molecule has 1 aromatic rings. The van der Waals surface area contributed by atoms with E-state index in [2.05, 4.69) is 25.4 Å². The fourth-order valence-corrected chi connectivity index (χ4v) is 4.28. The van der Waals surface area contributed by atoms with Crippen molar-refractivity contribution in [2.45, 2.75) is 63.2 Å². The molecule has 2 rings (SSSR count). The fourth-order valence-electron chi connectivity index (χ4n) is 3.02. The molecule has 1 N–H and O–H groups in total. The third-order valence-corrected chi connectivity index (χ3v) is 6.45. The maximum Gasteiger partial charge on any atom is 0.377 e. The van der Waals surface area contributed by atoms with E-state index in [0.29, 0.717) is 22.9 Å². The Labute approximate surface area is 163 Å². The van der Waals surface area contributed by atoms with Crippen molar-refractivity contribution in [2.75, 3.05) is 6.61 Å². The average molecular weight is 452 g/mol. The van der Waals surface area contributed by atoms with Gasteiger partial charge in [-0.1, -0.05) is 22.0 Å². The van der Waals surface area contributed by atoms with E-state index < -0.39 is 39.6 Å². The predicted molar refractivity (Wildman–Crippen MR) is 102 cm³/mol. The second kappa shape index (κ2) is 8.02. The molecule has 1 aliphatic carbocycles. The van der Waals surface area contributed by atoms with E-state index in [1.807, 2.05) is 0 Å². The number of aryl methyl sites for hydroxylation is 1. The largest absolute Gasteiger partial charge is 0.462 e. The fraction of sp³-hybridized carbons (Fsp3) is 0.611. The summed E-state index contributed by atoms with van der Waals surface area (Å²) in [7, 11) is -1.54. The standard InChI is InChI=1S/C18H24BrF2NO3S/c1-5-25-16(23)18(20,21)15-13-10-12(19)8-6-11(13)7-9-14(15)22-26(24)17(2,3)4/h6,8,10,14-15,22H,5,7,9H2,1-4H3/t14-,15?,26-/m1/s1. The third kappa shape index (κ3) is 4.51. The summed E-state index contributed by atoms with van der Waals surface area (Å²) < 4.78 is 50.2. The van der Waals surface area contributed by atoms with Crippen LogP contribution in [0, 0.1) is 0 Å². The Kier molecular flexibility index (Phi) is 6.62. The molecule has 1 aliphatic rings. The van der Waals surface area contributed by atoms with Crippen molar-refractivity contribution in [2.24, 2.45) is 0 Å². The lowest BCUT2D eigenvalue weighted by molar-refractivity contribution is -0.176. The number of hydrogen-bond acceptors (Lipinski definition) is 3. The Bertz CT molecular complexity index is 706. The van der Waals surface area contributed by atoms with Crippen LogP contribution < -0.4 is 4.72 Å². The summed E-state index contributed by atoms with van der Waals surface area (Å²) in [5.74, 6) is -6.73. The molecule has 1 unspecified atom stereocenters. The maximum atomic E-state index is 15.1. The number of ether oxygens (including phenoxy) is 1. The third-order valence-electron chi connectivity index (χ3n) is 4.32. The van der Waals surface area contributed by atoms with Crippen molar-refractivity contribution in [1.29, 1.82) is 0 Å². The lowest BCUT2D eigenvalue weighted by atomic mass is 9.76. The Morgan fingerprint density at radius 1 is 1.38 bits per heavy atom. The van der Waals surface area contributed by atoms with Gasteiger partial charge in [0.1, 0.15) is 0 Å². The molecule has 0 saturated heterocycles. The molecule has 26 heavy (non-hydrogen) atoms. The molecule has 0 bridgehead atoms. The SMILES string of the molecule is CCOC(=O)C(F)(F)C1c2cc(Br)ccc2CC[C@H]1N[S@](=O)C(C)(C)C. The summed E-state index contributed by atoms with van der Waals surface area (Å²) in [6.07, 6.45) is 0.924. The Morgan fingerprint density at radius 2 is 2.04 bits per heavy atom. The van der Waals surface area contributed by atoms with E-state index in [1.165, 1.54) is 6.92 Å². The van der Waals surface area contributed by atoms with Crippen molar-refractivity contribution in [3.8, 4) is 0 Å². The number of halogens is 3. The van der Waals surface area contributed by atoms with Gasteiger partial charge in [0, 0.05) is 10.5 Å². The lowest BCUT2D eigenvalue weighted by Gasteiger charge is -2.38. The van der Waals surface area contributed by atoms with Crippen LogP contribution in [-0.4, -0.2) is 33.5 Å². The van der Waals surface area contributed by atoms with Gasteiger partial charge in [0.2, 0.25) is 0 Å². The van der Waals surface area contributed by atoms with Crippen LogP contribution in [0.15, 0.2) is 22.7 Å². The van der Waals surface area contributed by atoms with Gasteiger partial charge in [0.15, 0.2) is 0 Å². The van der Waals surface area contributed by atoms with E-state index in [4.69, 9.17) is 0 Å². The van der Waals surface area contributed by atoms with E-state index in [0.717, 1.165) is 5.56 Å². The second-order valence-corrected chi connectivity index (χ2v) is 10.2. The second-order valence-electron chi connectivity index (χ2n) is 7.31. The van der Waals surface area contributed by atoms with Gasteiger partial charge in [-0.15, -0.1) is 0 Å². The summed E-state index contributed by atoms with van der Waals surface area (Å²) in [4.78, 5) is 12.0. The zero-order chi connectivity index (χ0) is 19.7. The summed E-state index contributed by atoms with van der Waals surface area (Å²) in [5, 5.41) is 0. The number of benzene rings is 1. The normalized spacial score (nSPS) is 21.8. The van der Waals surface area contributed by atoms with Crippen LogP contribution in [0.1, 0.15) is 51.2 Å². The van der Waals surface area contributed by atoms with Crippen LogP contribution in [-0.2, 0) is 26.9 Å². The van der Waals surface area contributed by atoms with E-state index in [-0.39, 0.29) is 6.61 Å². The number of esters is 1. The average Bonchev–Trinajstić information content (AvgIpc) is 2.53. The van der Waals surface area contributed by atoms with Crippen LogP contribution in [0.3, 0.4) is 0 Å². The first-order chi connectivity index (χ1) is 12.0. The first kappa shape index (κ1) is 21.4. The summed E-state index contributed by atoms with van der Waals surface area (Å²) >= 11 is 3.31. The quantitative estimate of drug-likeness (QED) is 0.685. The first-order valence-corrected chi connectivity index (χ1v) is 10.4. The van der Waals surface area contributed by atoms with Gasteiger partial charge in [0.25, 0.3) is 0 Å². The molecule has 0 spiro atoms. The zero-order valence-corrected chi connectivity index (χ0v) is 17.7. The Hall–Kier alpha value is -0.860. The van der Waals surface area contributed by atoms with E-state index in [9.17, 15) is 9.00 Å². The highest BCUT2D eigenvalue weighted by molar-refractivity contribution is 9.10. The molecular formula is C18H24BrF2NO3S. The topological polar surface area (TPSA) is 55.4 Å². The lowest BCUT2D eigenvalue weighted by Crippen LogP contribution is -2.52. The highest BCUT2D eigenvalue weighted by Gasteiger charge is 2.54. The van der Waals surface area contributed by atoms with Gasteiger partial charge in [0.05, 0.1) is 28.3 Å². The summed E-state index contributed by atoms with van der Waals surface area (Å²) in [6.45, 7) is 6.66. The van der Waals surface area contributed by atoms with Crippen LogP contribution in [0.2, 0.25) is 0 Å². The molecular weight excluding hydrogens is 428 g/mol. The van der Waals surface area contributed by atoms with Gasteiger partial charge < -0.3 is 4.74 Å². The molecule has 4 nitrogen and oxygen atoms in total. The highest BCUT2D eigenvalue weighted by Crippen LogP contribution is 2.44. The van der Waals surface area contributed by atoms with Gasteiger partial charge in [-0.25, -0.2) is 13.7 Å². The molecule has 0 radical (unpaired) electrons. The minimum Gasteiger partial charge on any atom is -0.462 e. The Balaban J connectivity index is 2.48. The molecule has 0 heterocycles. The summed E-state index contributed by atoms with van der Waals surface area (Å²) in [6, 6.07) is 4.38. The monoisotopic (exact) mass is 451 g/mol. The number of fused-ring (bicyclic) bond motifs is 1. The van der Waals surface area contributed by atoms with Crippen LogP contribution in [0.4, 0.5) is 8.78 Å². The van der Waals surface area contributed by atoms with Crippen molar-refractivity contribution in [3.05, 3.63) is 33.8 Å². The van der Waals surface area contributed by atoms with Gasteiger partial charge >= 0.3 is 11.9 Å². The molecule has 3 atom stereocenters. The molecule has 0 aliphatic heterocycles. The number of alkyl halides is 2. The highest BCUT2D eigenvalue weighted by atomic mass is 79.9.